The Hall–Kier alpha value is -4.23. The molecule has 10 heteroatoms. The van der Waals surface area contributed by atoms with Gasteiger partial charge in [0, 0.05) is 36.4 Å². The Labute approximate surface area is 207 Å². The first-order valence-electron chi connectivity index (χ1n) is 11.5. The van der Waals surface area contributed by atoms with E-state index >= 15 is 0 Å². The van der Waals surface area contributed by atoms with E-state index in [-0.39, 0.29) is 12.7 Å². The van der Waals surface area contributed by atoms with E-state index < -0.39 is 11.4 Å². The molecule has 1 unspecified atom stereocenters. The van der Waals surface area contributed by atoms with Gasteiger partial charge in [0.25, 0.3) is 0 Å². The summed E-state index contributed by atoms with van der Waals surface area (Å²) in [5.74, 6) is 1.29. The molecule has 0 aromatic carbocycles. The smallest absolute Gasteiger partial charge is 0.145 e. The highest BCUT2D eigenvalue weighted by Gasteiger charge is 2.25. The molecule has 36 heavy (non-hydrogen) atoms. The number of hydrogen-bond acceptors (Lipinski definition) is 8. The number of halogens is 1. The van der Waals surface area contributed by atoms with Gasteiger partial charge >= 0.3 is 0 Å². The van der Waals surface area contributed by atoms with Crippen LogP contribution in [0.3, 0.4) is 0 Å². The van der Waals surface area contributed by atoms with E-state index in [0.717, 1.165) is 36.1 Å². The maximum Gasteiger partial charge on any atom is 0.145 e. The van der Waals surface area contributed by atoms with Crippen LogP contribution in [0.1, 0.15) is 25.8 Å². The zero-order valence-electron chi connectivity index (χ0n) is 19.9. The second-order valence-electron chi connectivity index (χ2n) is 9.37. The Morgan fingerprint density at radius 2 is 2.06 bits per heavy atom. The summed E-state index contributed by atoms with van der Waals surface area (Å²) in [5, 5.41) is 23.9. The number of hydrogen-bond donors (Lipinski definition) is 1. The minimum Gasteiger partial charge on any atom is -0.489 e. The second-order valence-corrected chi connectivity index (χ2v) is 9.37. The number of nitrogens with zero attached hydrogens (tertiary/aromatic N) is 6. The Bertz CT molecular complexity index is 1420. The van der Waals surface area contributed by atoms with E-state index in [1.54, 1.807) is 30.8 Å². The average Bonchev–Trinajstić information content (AvgIpc) is 3.49. The highest BCUT2D eigenvalue weighted by atomic mass is 19.1. The van der Waals surface area contributed by atoms with E-state index in [2.05, 4.69) is 26.0 Å². The molecule has 4 aromatic heterocycles. The summed E-state index contributed by atoms with van der Waals surface area (Å²) in [4.78, 5) is 10.6. The average molecular weight is 489 g/mol. The monoisotopic (exact) mass is 488 g/mol. The molecule has 0 bridgehead atoms. The van der Waals surface area contributed by atoms with Crippen molar-refractivity contribution in [2.45, 2.75) is 32.0 Å². The van der Waals surface area contributed by atoms with Crippen LogP contribution in [0.25, 0.3) is 16.6 Å². The summed E-state index contributed by atoms with van der Waals surface area (Å²) in [5.41, 5.74) is 1.64. The van der Waals surface area contributed by atoms with Crippen LogP contribution >= 0.6 is 0 Å². The Morgan fingerprint density at radius 1 is 1.19 bits per heavy atom. The molecule has 9 nitrogen and oxygen atoms in total. The molecule has 1 N–H and O–H groups in total. The molecule has 184 valence electrons. The van der Waals surface area contributed by atoms with E-state index in [4.69, 9.17) is 9.47 Å². The van der Waals surface area contributed by atoms with Crippen LogP contribution in [0.15, 0.2) is 55.2 Å². The largest absolute Gasteiger partial charge is 0.489 e. The number of aromatic nitrogens is 4. The minimum absolute atomic E-state index is 0.0933. The first-order valence-corrected chi connectivity index (χ1v) is 11.5. The number of nitriles is 1. The number of aliphatic hydroxyl groups is 1. The van der Waals surface area contributed by atoms with E-state index in [1.807, 2.05) is 18.2 Å². The third-order valence-corrected chi connectivity index (χ3v) is 5.81. The van der Waals surface area contributed by atoms with Crippen molar-refractivity contribution in [1.29, 1.82) is 5.26 Å². The molecular weight excluding hydrogens is 463 g/mol. The SMILES string of the molecule is CC(C)(O)COc1cc(-c2ccc(N3CCC(Oc4cncc(F)c4)C3)nc2)c2c(C#N)cnn2c1. The van der Waals surface area contributed by atoms with Gasteiger partial charge in [0.1, 0.15) is 41.9 Å². The normalized spacial score (nSPS) is 15.8. The lowest BCUT2D eigenvalue weighted by molar-refractivity contribution is 0.0283. The zero-order valence-corrected chi connectivity index (χ0v) is 19.9. The summed E-state index contributed by atoms with van der Waals surface area (Å²) in [6.45, 7) is 4.81. The molecule has 5 rings (SSSR count). The highest BCUT2D eigenvalue weighted by Crippen LogP contribution is 2.32. The molecule has 1 atom stereocenters. The zero-order chi connectivity index (χ0) is 25.3. The van der Waals surface area contributed by atoms with Gasteiger partial charge in [-0.1, -0.05) is 0 Å². The number of fused-ring (bicyclic) bond motifs is 1. The minimum atomic E-state index is -0.997. The van der Waals surface area contributed by atoms with Gasteiger partial charge in [0.15, 0.2) is 0 Å². The predicted molar refractivity (Wildman–Crippen MR) is 130 cm³/mol. The van der Waals surface area contributed by atoms with E-state index in [1.165, 1.54) is 18.5 Å². The van der Waals surface area contributed by atoms with Gasteiger partial charge in [-0.2, -0.15) is 10.4 Å². The quantitative estimate of drug-likeness (QED) is 0.420. The summed E-state index contributed by atoms with van der Waals surface area (Å²) in [6, 6.07) is 9.20. The summed E-state index contributed by atoms with van der Waals surface area (Å²) < 4.78 is 26.7. The number of ether oxygens (including phenoxy) is 2. The van der Waals surface area contributed by atoms with E-state index in [0.29, 0.717) is 29.1 Å². The molecule has 0 radical (unpaired) electrons. The van der Waals surface area contributed by atoms with Gasteiger partial charge in [-0.3, -0.25) is 4.98 Å². The van der Waals surface area contributed by atoms with Crippen LogP contribution in [-0.4, -0.2) is 56.1 Å². The van der Waals surface area contributed by atoms with Crippen molar-refractivity contribution >= 4 is 11.3 Å². The maximum atomic E-state index is 13.4. The van der Waals surface area contributed by atoms with Crippen LogP contribution in [0.4, 0.5) is 10.2 Å². The highest BCUT2D eigenvalue weighted by molar-refractivity contribution is 5.85. The van der Waals surface area contributed by atoms with Gasteiger partial charge < -0.3 is 19.5 Å². The van der Waals surface area contributed by atoms with Gasteiger partial charge in [0.05, 0.1) is 48.0 Å². The lowest BCUT2D eigenvalue weighted by atomic mass is 10.1. The summed E-state index contributed by atoms with van der Waals surface area (Å²) >= 11 is 0. The van der Waals surface area contributed by atoms with Crippen molar-refractivity contribution in [2.75, 3.05) is 24.6 Å². The van der Waals surface area contributed by atoms with Crippen LogP contribution < -0.4 is 14.4 Å². The van der Waals surface area contributed by atoms with Crippen molar-refractivity contribution in [3.8, 4) is 28.7 Å². The molecule has 0 aliphatic carbocycles. The molecular formula is C26H25FN6O3. The van der Waals surface area contributed by atoms with Crippen molar-refractivity contribution < 1.29 is 19.0 Å². The number of pyridine rings is 3. The molecule has 1 saturated heterocycles. The van der Waals surface area contributed by atoms with Gasteiger partial charge in [-0.25, -0.2) is 13.9 Å². The van der Waals surface area contributed by atoms with Crippen LogP contribution in [0, 0.1) is 17.1 Å². The molecule has 4 aromatic rings. The van der Waals surface area contributed by atoms with Crippen LogP contribution in [0.2, 0.25) is 0 Å². The summed E-state index contributed by atoms with van der Waals surface area (Å²) in [6.07, 6.45) is 8.29. The molecule has 0 amide bonds. The van der Waals surface area contributed by atoms with Gasteiger partial charge in [-0.05, 0) is 32.0 Å². The molecule has 1 aliphatic rings. The lowest BCUT2D eigenvalue weighted by Gasteiger charge is -2.19. The van der Waals surface area contributed by atoms with Crippen LogP contribution in [-0.2, 0) is 0 Å². The fourth-order valence-electron chi connectivity index (χ4n) is 4.15. The molecule has 1 aliphatic heterocycles. The first-order chi connectivity index (χ1) is 17.3. The molecule has 1 fully saturated rings. The van der Waals surface area contributed by atoms with Crippen LogP contribution in [0.5, 0.6) is 11.5 Å². The molecule has 0 saturated carbocycles. The third-order valence-electron chi connectivity index (χ3n) is 5.81. The fourth-order valence-corrected chi connectivity index (χ4v) is 4.15. The Kier molecular flexibility index (Phi) is 6.16. The van der Waals surface area contributed by atoms with Gasteiger partial charge in [0.2, 0.25) is 0 Å². The topological polar surface area (TPSA) is 109 Å². The molecule has 5 heterocycles. The second kappa shape index (κ2) is 9.43. The lowest BCUT2D eigenvalue weighted by Crippen LogP contribution is -2.27. The van der Waals surface area contributed by atoms with Crippen molar-refractivity contribution in [2.24, 2.45) is 0 Å². The van der Waals surface area contributed by atoms with Crippen molar-refractivity contribution in [3.05, 3.63) is 66.6 Å². The summed E-state index contributed by atoms with van der Waals surface area (Å²) in [7, 11) is 0. The van der Waals surface area contributed by atoms with E-state index in [9.17, 15) is 14.8 Å². The fraction of sp³-hybridized carbons (Fsp3) is 0.308. The maximum absolute atomic E-state index is 13.4. The Morgan fingerprint density at radius 3 is 2.78 bits per heavy atom. The van der Waals surface area contributed by atoms with Gasteiger partial charge in [-0.15, -0.1) is 0 Å². The van der Waals surface area contributed by atoms with Crippen molar-refractivity contribution in [1.82, 2.24) is 19.6 Å². The predicted octanol–water partition coefficient (Wildman–Crippen LogP) is 3.61. The molecule has 0 spiro atoms. The Balaban J connectivity index is 1.37. The third kappa shape index (κ3) is 5.06. The number of rotatable bonds is 7. The van der Waals surface area contributed by atoms with Crippen molar-refractivity contribution in [3.63, 3.8) is 0 Å². The number of anilines is 1. The first kappa shape index (κ1) is 23.5. The standard InChI is InChI=1S/C26H25FN6O3/c1-26(2,34)16-35-22-8-23(25-18(9-28)11-31-33(25)15-22)17-3-4-24(30-10-17)32-6-5-20(14-32)36-21-7-19(27)12-29-13-21/h3-4,7-8,10-13,15,20,34H,5-6,14,16H2,1-2H3.